The van der Waals surface area contributed by atoms with Gasteiger partial charge in [-0.25, -0.2) is 27.5 Å². The number of anilines is 1. The Balaban J connectivity index is 1.45. The highest BCUT2D eigenvalue weighted by molar-refractivity contribution is 5.80. The molecular weight excluding hydrogens is 480 g/mol. The molecule has 1 saturated heterocycles. The number of benzene rings is 1. The van der Waals surface area contributed by atoms with Crippen molar-refractivity contribution in [2.45, 2.75) is 76.2 Å². The molecule has 194 valence electrons. The molecule has 2 heterocycles. The summed E-state index contributed by atoms with van der Waals surface area (Å²) in [5, 5.41) is 5.74. The van der Waals surface area contributed by atoms with Crippen LogP contribution < -0.4 is 10.6 Å². The topological polar surface area (TPSA) is 85.4 Å². The Morgan fingerprint density at radius 2 is 1.89 bits per heavy atom. The van der Waals surface area contributed by atoms with Gasteiger partial charge >= 0.3 is 0 Å². The summed E-state index contributed by atoms with van der Waals surface area (Å²) in [6.07, 6.45) is -3.25. The summed E-state index contributed by atoms with van der Waals surface area (Å²) in [4.78, 5) is 21.6. The molecule has 0 bridgehead atoms. The van der Waals surface area contributed by atoms with E-state index in [-0.39, 0.29) is 37.7 Å². The number of hydrogen-bond acceptors (Lipinski definition) is 6. The van der Waals surface area contributed by atoms with Crippen LogP contribution in [-0.4, -0.2) is 41.1 Å². The standard InChI is InChI=1S/C25H28F4N4O3/c1-13(15-4-3-5-17-16(15)6-7-25(17,28)29)30-21-20(22-35-10-11-36-22)18(31-14(2)32-21)12-19(34)33-24(8-9-24)23(26)27/h3-5,13,22-23H,6-12H2,1-2H3,(H,33,34)(H,30,31,32)/t13-/m1/s1. The molecule has 11 heteroatoms. The third-order valence-electron chi connectivity index (χ3n) is 7.03. The summed E-state index contributed by atoms with van der Waals surface area (Å²) in [6.45, 7) is 4.15. The highest BCUT2D eigenvalue weighted by atomic mass is 19.3. The van der Waals surface area contributed by atoms with Crippen molar-refractivity contribution < 1.29 is 31.8 Å². The molecule has 2 N–H and O–H groups in total. The second kappa shape index (κ2) is 9.26. The molecule has 0 radical (unpaired) electrons. The first-order valence-corrected chi connectivity index (χ1v) is 12.1. The van der Waals surface area contributed by atoms with Crippen LogP contribution in [0, 0.1) is 6.92 Å². The maximum atomic E-state index is 14.3. The highest BCUT2D eigenvalue weighted by Gasteiger charge is 2.52. The molecule has 0 spiro atoms. The van der Waals surface area contributed by atoms with E-state index in [1.54, 1.807) is 13.0 Å². The number of amides is 1. The maximum absolute atomic E-state index is 14.3. The van der Waals surface area contributed by atoms with Crippen molar-refractivity contribution in [3.05, 3.63) is 52.0 Å². The quantitative estimate of drug-likeness (QED) is 0.511. The summed E-state index contributed by atoms with van der Waals surface area (Å²) < 4.78 is 66.7. The van der Waals surface area contributed by atoms with Crippen molar-refractivity contribution in [2.75, 3.05) is 18.5 Å². The van der Waals surface area contributed by atoms with Crippen LogP contribution in [0.2, 0.25) is 0 Å². The third-order valence-corrected chi connectivity index (χ3v) is 7.03. The lowest BCUT2D eigenvalue weighted by Crippen LogP contribution is -2.43. The van der Waals surface area contributed by atoms with Crippen LogP contribution in [0.3, 0.4) is 0 Å². The van der Waals surface area contributed by atoms with Crippen LogP contribution in [0.25, 0.3) is 0 Å². The number of carbonyl (C=O) groups is 1. The van der Waals surface area contributed by atoms with E-state index in [0.717, 1.165) is 5.56 Å². The zero-order valence-corrected chi connectivity index (χ0v) is 20.0. The Kier molecular flexibility index (Phi) is 6.40. The van der Waals surface area contributed by atoms with Crippen molar-refractivity contribution >= 4 is 11.7 Å². The second-order valence-corrected chi connectivity index (χ2v) is 9.68. The molecule has 0 unspecified atom stereocenters. The van der Waals surface area contributed by atoms with Crippen LogP contribution in [0.1, 0.15) is 72.3 Å². The van der Waals surface area contributed by atoms with Crippen molar-refractivity contribution in [3.8, 4) is 0 Å². The van der Waals surface area contributed by atoms with Crippen LogP contribution in [0.15, 0.2) is 18.2 Å². The van der Waals surface area contributed by atoms with Crippen LogP contribution >= 0.6 is 0 Å². The minimum absolute atomic E-state index is 0.0422. The average molecular weight is 509 g/mol. The lowest BCUT2D eigenvalue weighted by molar-refractivity contribution is -0.122. The Bertz CT molecular complexity index is 1170. The largest absolute Gasteiger partial charge is 0.363 e. The number of nitrogens with one attached hydrogen (secondary N) is 2. The lowest BCUT2D eigenvalue weighted by Gasteiger charge is -2.24. The normalized spacial score (nSPS) is 20.9. The number of fused-ring (bicyclic) bond motifs is 1. The molecule has 2 aromatic rings. The predicted molar refractivity (Wildman–Crippen MR) is 122 cm³/mol. The van der Waals surface area contributed by atoms with E-state index in [1.165, 1.54) is 6.07 Å². The minimum Gasteiger partial charge on any atom is -0.363 e. The Morgan fingerprint density at radius 1 is 1.17 bits per heavy atom. The van der Waals surface area contributed by atoms with Crippen molar-refractivity contribution in [2.24, 2.45) is 0 Å². The van der Waals surface area contributed by atoms with Crippen LogP contribution in [-0.2, 0) is 33.0 Å². The number of ether oxygens (including phenoxy) is 2. The molecular formula is C25H28F4N4O3. The molecule has 7 nitrogen and oxygen atoms in total. The SMILES string of the molecule is Cc1nc(CC(=O)NC2(C(F)F)CC2)c(C2OCCO2)c(N[C@H](C)c2cccc3c2CCC3(F)F)n1. The van der Waals surface area contributed by atoms with Crippen LogP contribution in [0.4, 0.5) is 23.4 Å². The summed E-state index contributed by atoms with van der Waals surface area (Å²) >= 11 is 0. The molecule has 3 aliphatic rings. The first-order valence-electron chi connectivity index (χ1n) is 12.1. The van der Waals surface area contributed by atoms with E-state index in [0.29, 0.717) is 41.7 Å². The molecule has 2 fully saturated rings. The van der Waals surface area contributed by atoms with Gasteiger partial charge in [0.1, 0.15) is 17.2 Å². The summed E-state index contributed by atoms with van der Waals surface area (Å²) in [6, 6.07) is 4.48. The summed E-state index contributed by atoms with van der Waals surface area (Å²) in [7, 11) is 0. The number of alkyl halides is 4. The number of nitrogens with zero attached hydrogens (tertiary/aromatic N) is 2. The molecule has 2 aliphatic carbocycles. The number of aromatic nitrogens is 2. The van der Waals surface area contributed by atoms with E-state index in [1.807, 2.05) is 13.0 Å². The van der Waals surface area contributed by atoms with E-state index in [2.05, 4.69) is 20.6 Å². The molecule has 1 aromatic carbocycles. The second-order valence-electron chi connectivity index (χ2n) is 9.68. The molecule has 1 aromatic heterocycles. The van der Waals surface area contributed by atoms with Gasteiger partial charge in [-0.05, 0) is 44.2 Å². The van der Waals surface area contributed by atoms with Crippen molar-refractivity contribution in [3.63, 3.8) is 0 Å². The first kappa shape index (κ1) is 24.9. The minimum atomic E-state index is -2.86. The van der Waals surface area contributed by atoms with Gasteiger partial charge in [-0.15, -0.1) is 0 Å². The Morgan fingerprint density at radius 3 is 2.56 bits per heavy atom. The highest BCUT2D eigenvalue weighted by Crippen LogP contribution is 2.45. The van der Waals surface area contributed by atoms with Gasteiger partial charge in [-0.1, -0.05) is 18.2 Å². The van der Waals surface area contributed by atoms with Gasteiger partial charge in [0, 0.05) is 12.0 Å². The average Bonchev–Trinajstić information content (AvgIpc) is 3.26. The smallest absolute Gasteiger partial charge is 0.273 e. The van der Waals surface area contributed by atoms with Gasteiger partial charge in [-0.2, -0.15) is 0 Å². The molecule has 36 heavy (non-hydrogen) atoms. The third kappa shape index (κ3) is 4.66. The van der Waals surface area contributed by atoms with Gasteiger partial charge in [-0.3, -0.25) is 4.79 Å². The number of halogens is 4. The molecule has 1 atom stereocenters. The van der Waals surface area contributed by atoms with Gasteiger partial charge in [0.2, 0.25) is 5.91 Å². The van der Waals surface area contributed by atoms with Gasteiger partial charge in [0.15, 0.2) is 6.29 Å². The molecule has 1 amide bonds. The first-order chi connectivity index (χ1) is 17.1. The van der Waals surface area contributed by atoms with E-state index < -0.39 is 36.1 Å². The fourth-order valence-electron chi connectivity index (χ4n) is 4.99. The maximum Gasteiger partial charge on any atom is 0.273 e. The summed E-state index contributed by atoms with van der Waals surface area (Å²) in [5.41, 5.74) is 0.624. The number of rotatable bonds is 8. The number of hydrogen-bond donors (Lipinski definition) is 2. The zero-order valence-electron chi connectivity index (χ0n) is 20.0. The molecule has 5 rings (SSSR count). The number of carbonyl (C=O) groups excluding carboxylic acids is 1. The molecule has 1 aliphatic heterocycles. The lowest BCUT2D eigenvalue weighted by atomic mass is 9.97. The fourth-order valence-corrected chi connectivity index (χ4v) is 4.99. The summed E-state index contributed by atoms with van der Waals surface area (Å²) in [5.74, 6) is -2.73. The predicted octanol–water partition coefficient (Wildman–Crippen LogP) is 4.50. The molecule has 1 saturated carbocycles. The monoisotopic (exact) mass is 508 g/mol. The van der Waals surface area contributed by atoms with E-state index >= 15 is 0 Å². The zero-order chi connectivity index (χ0) is 25.7. The Hall–Kier alpha value is -2.79. The van der Waals surface area contributed by atoms with Crippen molar-refractivity contribution in [1.29, 1.82) is 0 Å². The fraction of sp³-hybridized carbons (Fsp3) is 0.560. The van der Waals surface area contributed by atoms with Gasteiger partial charge < -0.3 is 20.1 Å². The van der Waals surface area contributed by atoms with E-state index in [4.69, 9.17) is 9.47 Å². The number of aryl methyl sites for hydroxylation is 1. The van der Waals surface area contributed by atoms with Gasteiger partial charge in [0.05, 0.1) is 36.9 Å². The van der Waals surface area contributed by atoms with E-state index in [9.17, 15) is 22.4 Å². The Labute approximate surface area is 206 Å². The van der Waals surface area contributed by atoms with Crippen molar-refractivity contribution in [1.82, 2.24) is 15.3 Å². The van der Waals surface area contributed by atoms with Crippen LogP contribution in [0.5, 0.6) is 0 Å². The van der Waals surface area contributed by atoms with Gasteiger partial charge in [0.25, 0.3) is 12.3 Å².